The van der Waals surface area contributed by atoms with Crippen molar-refractivity contribution in [1.29, 1.82) is 0 Å². The van der Waals surface area contributed by atoms with Crippen LogP contribution in [-0.4, -0.2) is 57.8 Å². The Morgan fingerprint density at radius 3 is 2.59 bits per heavy atom. The van der Waals surface area contributed by atoms with Gasteiger partial charge in [0.2, 0.25) is 0 Å². The molecule has 3 heterocycles. The van der Waals surface area contributed by atoms with Crippen LogP contribution in [0.5, 0.6) is 0 Å². The van der Waals surface area contributed by atoms with E-state index in [-0.39, 0.29) is 5.25 Å². The largest absolute Gasteiger partial charge is 0.304 e. The molecule has 1 aromatic heterocycles. The lowest BCUT2D eigenvalue weighted by molar-refractivity contribution is 0.145. The van der Waals surface area contributed by atoms with Gasteiger partial charge >= 0.3 is 0 Å². The molecule has 3 aromatic rings. The van der Waals surface area contributed by atoms with Gasteiger partial charge in [-0.2, -0.15) is 0 Å². The Balaban J connectivity index is 1.52. The average Bonchev–Trinajstić information content (AvgIpc) is 3.03. The molecule has 150 valence electrons. The third-order valence-electron chi connectivity index (χ3n) is 5.75. The smallest absolute Gasteiger partial charge is 0.151 e. The molecule has 0 radical (unpaired) electrons. The highest BCUT2D eigenvalue weighted by Gasteiger charge is 2.28. The molecule has 5 nitrogen and oxygen atoms in total. The molecule has 29 heavy (non-hydrogen) atoms. The summed E-state index contributed by atoms with van der Waals surface area (Å²) in [6, 6.07) is 16.7. The zero-order valence-electron chi connectivity index (χ0n) is 16.5. The second-order valence-corrected chi connectivity index (χ2v) is 9.40. The summed E-state index contributed by atoms with van der Waals surface area (Å²) in [7, 11) is 2.18. The summed E-state index contributed by atoms with van der Waals surface area (Å²) in [6.45, 7) is 5.16. The fourth-order valence-corrected chi connectivity index (χ4v) is 5.73. The van der Waals surface area contributed by atoms with Gasteiger partial charge in [-0.05, 0) is 30.8 Å². The normalized spacial score (nSPS) is 20.1. The van der Waals surface area contributed by atoms with Gasteiger partial charge in [-0.3, -0.25) is 9.47 Å². The van der Waals surface area contributed by atoms with E-state index in [4.69, 9.17) is 11.6 Å². The second kappa shape index (κ2) is 8.11. The molecule has 1 unspecified atom stereocenters. The lowest BCUT2D eigenvalue weighted by Gasteiger charge is -2.32. The lowest BCUT2D eigenvalue weighted by Crippen LogP contribution is -2.44. The minimum Gasteiger partial charge on any atom is -0.304 e. The molecule has 2 aliphatic rings. The van der Waals surface area contributed by atoms with E-state index in [1.165, 1.54) is 10.6 Å². The molecule has 0 N–H and O–H groups in total. The Hall–Kier alpha value is -1.86. The second-order valence-electron chi connectivity index (χ2n) is 7.75. The highest BCUT2D eigenvalue weighted by Crippen LogP contribution is 2.45. The van der Waals surface area contributed by atoms with Gasteiger partial charge in [-0.25, -0.2) is 0 Å². The fourth-order valence-electron chi connectivity index (χ4n) is 4.08. The minimum atomic E-state index is 0.215. The minimum absolute atomic E-state index is 0.215. The number of hydrogen-bond donors (Lipinski definition) is 0. The van der Waals surface area contributed by atoms with E-state index in [0.29, 0.717) is 0 Å². The Morgan fingerprint density at radius 1 is 1.00 bits per heavy atom. The molecule has 1 saturated heterocycles. The van der Waals surface area contributed by atoms with E-state index in [2.05, 4.69) is 68.0 Å². The van der Waals surface area contributed by atoms with Crippen molar-refractivity contribution in [1.82, 2.24) is 24.6 Å². The van der Waals surface area contributed by atoms with E-state index >= 15 is 0 Å². The molecule has 5 rings (SSSR count). The van der Waals surface area contributed by atoms with Crippen LogP contribution in [0.1, 0.15) is 22.5 Å². The van der Waals surface area contributed by atoms with Gasteiger partial charge in [-0.15, -0.1) is 22.0 Å². The average molecular weight is 426 g/mol. The van der Waals surface area contributed by atoms with Crippen LogP contribution in [-0.2, 0) is 13.0 Å². The van der Waals surface area contributed by atoms with Crippen LogP contribution >= 0.6 is 23.4 Å². The quantitative estimate of drug-likeness (QED) is 0.632. The molecule has 1 fully saturated rings. The number of aromatic nitrogens is 3. The van der Waals surface area contributed by atoms with Gasteiger partial charge in [0.15, 0.2) is 5.82 Å². The molecule has 7 heteroatoms. The summed E-state index contributed by atoms with van der Waals surface area (Å²) in [4.78, 5) is 6.10. The van der Waals surface area contributed by atoms with E-state index in [1.54, 1.807) is 0 Å². The number of halogens is 1. The predicted molar refractivity (Wildman–Crippen MR) is 118 cm³/mol. The van der Waals surface area contributed by atoms with Crippen molar-refractivity contribution in [2.24, 2.45) is 0 Å². The molecule has 1 atom stereocenters. The first-order valence-electron chi connectivity index (χ1n) is 10.0. The van der Waals surface area contributed by atoms with Crippen LogP contribution in [0.15, 0.2) is 53.4 Å². The summed E-state index contributed by atoms with van der Waals surface area (Å²) < 4.78 is 2.28. The fraction of sp³-hybridized carbons (Fsp3) is 0.364. The first-order valence-corrected chi connectivity index (χ1v) is 11.3. The van der Waals surface area contributed by atoms with Crippen LogP contribution in [0.4, 0.5) is 0 Å². The highest BCUT2D eigenvalue weighted by atomic mass is 35.5. The number of benzene rings is 2. The Bertz CT molecular complexity index is 1010. The van der Waals surface area contributed by atoms with Crippen molar-refractivity contribution in [3.63, 3.8) is 0 Å². The van der Waals surface area contributed by atoms with Gasteiger partial charge in [0.1, 0.15) is 5.82 Å². The van der Waals surface area contributed by atoms with Crippen LogP contribution in [0.3, 0.4) is 0 Å². The highest BCUT2D eigenvalue weighted by molar-refractivity contribution is 7.99. The van der Waals surface area contributed by atoms with Crippen molar-refractivity contribution in [3.8, 4) is 5.69 Å². The number of piperazine rings is 1. The molecular weight excluding hydrogens is 402 g/mol. The number of fused-ring (bicyclic) bond motifs is 3. The SMILES string of the molecule is CN1CCN(Cc2nnc3n2-c2ccccc2SC(c2ccccc2Cl)C3)CC1. The van der Waals surface area contributed by atoms with E-state index in [9.17, 15) is 0 Å². The maximum absolute atomic E-state index is 6.54. The van der Waals surface area contributed by atoms with Crippen LogP contribution in [0, 0.1) is 0 Å². The summed E-state index contributed by atoms with van der Waals surface area (Å²) in [6.07, 6.45) is 0.804. The number of likely N-dealkylation sites (N-methyl/N-ethyl adjacent to an activating group) is 1. The molecule has 0 aliphatic carbocycles. The van der Waals surface area contributed by atoms with Crippen molar-refractivity contribution < 1.29 is 0 Å². The Kier molecular flexibility index (Phi) is 5.35. The van der Waals surface area contributed by atoms with Gasteiger partial charge in [0, 0.05) is 47.8 Å². The van der Waals surface area contributed by atoms with Crippen LogP contribution in [0.2, 0.25) is 5.02 Å². The molecular formula is C22H24ClN5S. The van der Waals surface area contributed by atoms with E-state index in [0.717, 1.165) is 61.4 Å². The topological polar surface area (TPSA) is 37.2 Å². The first-order chi connectivity index (χ1) is 14.2. The number of thioether (sulfide) groups is 1. The Labute approximate surface area is 180 Å². The molecule has 0 spiro atoms. The standard InChI is InChI=1S/C22H24ClN5S/c1-26-10-12-27(13-11-26)15-22-25-24-21-14-20(16-6-2-3-7-17(16)23)29-19-9-5-4-8-18(19)28(21)22/h2-9,20H,10-15H2,1H3. The van der Waals surface area contributed by atoms with Crippen molar-refractivity contribution in [2.75, 3.05) is 33.2 Å². The summed E-state index contributed by atoms with van der Waals surface area (Å²) in [5, 5.41) is 10.3. The monoisotopic (exact) mass is 425 g/mol. The molecule has 0 saturated carbocycles. The van der Waals surface area contributed by atoms with Crippen molar-refractivity contribution in [3.05, 3.63) is 70.8 Å². The number of hydrogen-bond acceptors (Lipinski definition) is 5. The number of para-hydroxylation sites is 1. The maximum atomic E-state index is 6.54. The third-order valence-corrected chi connectivity index (χ3v) is 7.40. The molecule has 2 aromatic carbocycles. The van der Waals surface area contributed by atoms with Gasteiger partial charge in [-0.1, -0.05) is 41.9 Å². The van der Waals surface area contributed by atoms with Gasteiger partial charge in [0.25, 0.3) is 0 Å². The van der Waals surface area contributed by atoms with Crippen molar-refractivity contribution >= 4 is 23.4 Å². The van der Waals surface area contributed by atoms with Crippen LogP contribution < -0.4 is 0 Å². The Morgan fingerprint density at radius 2 is 1.76 bits per heavy atom. The summed E-state index contributed by atoms with van der Waals surface area (Å²) >= 11 is 8.41. The number of rotatable bonds is 3. The maximum Gasteiger partial charge on any atom is 0.151 e. The molecule has 0 amide bonds. The molecule has 2 aliphatic heterocycles. The first kappa shape index (κ1) is 19.1. The van der Waals surface area contributed by atoms with E-state index in [1.807, 2.05) is 23.9 Å². The van der Waals surface area contributed by atoms with Gasteiger partial charge in [0.05, 0.1) is 12.2 Å². The van der Waals surface area contributed by atoms with Gasteiger partial charge < -0.3 is 4.90 Å². The van der Waals surface area contributed by atoms with Crippen LogP contribution in [0.25, 0.3) is 5.69 Å². The zero-order valence-corrected chi connectivity index (χ0v) is 18.0. The molecule has 0 bridgehead atoms. The summed E-state index contributed by atoms with van der Waals surface area (Å²) in [5.41, 5.74) is 2.34. The number of nitrogens with zero attached hydrogens (tertiary/aromatic N) is 5. The predicted octanol–water partition coefficient (Wildman–Crippen LogP) is 4.06. The zero-order chi connectivity index (χ0) is 19.8. The van der Waals surface area contributed by atoms with Crippen molar-refractivity contribution in [2.45, 2.75) is 23.1 Å². The summed E-state index contributed by atoms with van der Waals surface area (Å²) in [5.74, 6) is 2.04. The third kappa shape index (κ3) is 3.82. The lowest BCUT2D eigenvalue weighted by atomic mass is 10.1. The van der Waals surface area contributed by atoms with E-state index < -0.39 is 0 Å².